The maximum Gasteiger partial charge on any atom is 0.282 e. The zero-order chi connectivity index (χ0) is 21.2. The van der Waals surface area contributed by atoms with Gasteiger partial charge in [-0.2, -0.15) is 12.8 Å². The van der Waals surface area contributed by atoms with E-state index in [0.29, 0.717) is 22.4 Å². The monoisotopic (exact) mass is 408 g/mol. The summed E-state index contributed by atoms with van der Waals surface area (Å²) >= 11 is 0. The number of nitrogens with zero attached hydrogens (tertiary/aromatic N) is 1. The lowest BCUT2D eigenvalue weighted by molar-refractivity contribution is 0.0955. The minimum Gasteiger partial charge on any atom is -0.267 e. The van der Waals surface area contributed by atoms with E-state index in [2.05, 4.69) is 5.43 Å². The highest BCUT2D eigenvalue weighted by atomic mass is 32.2. The Morgan fingerprint density at radius 1 is 0.793 bits per heavy atom. The zero-order valence-corrected chi connectivity index (χ0v) is 17.7. The number of carbonyl (C=O) groups is 1. The van der Waals surface area contributed by atoms with Crippen molar-refractivity contribution >= 4 is 21.6 Å². The second-order valence-electron chi connectivity index (χ2n) is 7.00. The second kappa shape index (κ2) is 8.09. The number of hydrogen-bond acceptors (Lipinski definition) is 3. The highest BCUT2D eigenvalue weighted by Gasteiger charge is 2.31. The van der Waals surface area contributed by atoms with Crippen LogP contribution in [0.4, 0.5) is 5.69 Å². The Morgan fingerprint density at radius 3 is 1.79 bits per heavy atom. The summed E-state index contributed by atoms with van der Waals surface area (Å²) in [6.45, 7) is 7.35. The molecule has 3 aromatic rings. The molecular formula is C23H24N2O3S. The van der Waals surface area contributed by atoms with Crippen LogP contribution >= 0.6 is 0 Å². The molecule has 0 aliphatic carbocycles. The fourth-order valence-electron chi connectivity index (χ4n) is 3.23. The first kappa shape index (κ1) is 20.6. The van der Waals surface area contributed by atoms with Crippen LogP contribution in [0.15, 0.2) is 71.6 Å². The number of carbonyl (C=O) groups excluding carboxylic acids is 1. The average molecular weight is 409 g/mol. The predicted molar refractivity (Wildman–Crippen MR) is 115 cm³/mol. The molecule has 0 spiro atoms. The summed E-state index contributed by atoms with van der Waals surface area (Å²) in [5.41, 5.74) is 6.42. The van der Waals surface area contributed by atoms with Crippen molar-refractivity contribution in [1.82, 2.24) is 5.43 Å². The third-order valence-corrected chi connectivity index (χ3v) is 6.94. The molecule has 0 bridgehead atoms. The van der Waals surface area contributed by atoms with Crippen LogP contribution in [0.25, 0.3) is 0 Å². The lowest BCUT2D eigenvalue weighted by Gasteiger charge is -2.27. The summed E-state index contributed by atoms with van der Waals surface area (Å²) in [7, 11) is -4.06. The van der Waals surface area contributed by atoms with Crippen molar-refractivity contribution in [1.29, 1.82) is 0 Å². The Kier molecular flexibility index (Phi) is 5.75. The molecule has 0 heterocycles. The third-order valence-electron chi connectivity index (χ3n) is 5.03. The van der Waals surface area contributed by atoms with Crippen LogP contribution in [0.1, 0.15) is 32.6 Å². The maximum atomic E-state index is 13.8. The van der Waals surface area contributed by atoms with E-state index in [-0.39, 0.29) is 4.90 Å². The van der Waals surface area contributed by atoms with Crippen molar-refractivity contribution in [2.75, 3.05) is 4.41 Å². The minimum absolute atomic E-state index is 0.215. The normalized spacial score (nSPS) is 11.2. The highest BCUT2D eigenvalue weighted by molar-refractivity contribution is 7.92. The van der Waals surface area contributed by atoms with E-state index < -0.39 is 15.9 Å². The van der Waals surface area contributed by atoms with Crippen molar-refractivity contribution in [2.24, 2.45) is 0 Å². The second-order valence-corrected chi connectivity index (χ2v) is 8.72. The van der Waals surface area contributed by atoms with Crippen LogP contribution in [-0.4, -0.2) is 14.3 Å². The van der Waals surface area contributed by atoms with Gasteiger partial charge in [0.2, 0.25) is 0 Å². The Morgan fingerprint density at radius 2 is 1.28 bits per heavy atom. The van der Waals surface area contributed by atoms with Gasteiger partial charge in [0.05, 0.1) is 10.6 Å². The number of anilines is 1. The first-order chi connectivity index (χ1) is 13.7. The average Bonchev–Trinajstić information content (AvgIpc) is 2.71. The Hall–Kier alpha value is -3.12. The van der Waals surface area contributed by atoms with Gasteiger partial charge in [0.25, 0.3) is 15.9 Å². The SMILES string of the molecule is Cc1cc(C)c(C)c(S(=O)(=O)N(NC(=O)c2ccccc2)c2ccccc2)c1C. The zero-order valence-electron chi connectivity index (χ0n) is 16.9. The minimum atomic E-state index is -4.06. The molecule has 6 heteroatoms. The number of benzene rings is 3. The molecule has 1 N–H and O–H groups in total. The number of hydrazine groups is 1. The number of nitrogens with one attached hydrogen (secondary N) is 1. The Bertz CT molecular complexity index is 1120. The molecule has 1 amide bonds. The van der Waals surface area contributed by atoms with Crippen LogP contribution in [0, 0.1) is 27.7 Å². The molecule has 0 unspecified atom stereocenters. The molecule has 0 atom stereocenters. The number of rotatable bonds is 5. The van der Waals surface area contributed by atoms with Crippen LogP contribution in [0.3, 0.4) is 0 Å². The molecule has 0 saturated heterocycles. The van der Waals surface area contributed by atoms with Gasteiger partial charge in [-0.15, -0.1) is 0 Å². The van der Waals surface area contributed by atoms with Crippen molar-refractivity contribution in [3.8, 4) is 0 Å². The van der Waals surface area contributed by atoms with Crippen molar-refractivity contribution in [3.05, 3.63) is 94.5 Å². The smallest absolute Gasteiger partial charge is 0.267 e. The van der Waals surface area contributed by atoms with Crippen LogP contribution in [-0.2, 0) is 10.0 Å². The third kappa shape index (κ3) is 4.03. The summed E-state index contributed by atoms with van der Waals surface area (Å²) in [6, 6.07) is 19.1. The molecule has 0 aliphatic heterocycles. The number of amides is 1. The van der Waals surface area contributed by atoms with Gasteiger partial charge < -0.3 is 0 Å². The Balaban J connectivity index is 2.16. The first-order valence-electron chi connectivity index (χ1n) is 9.27. The number of sulfonamides is 1. The van der Waals surface area contributed by atoms with E-state index in [1.165, 1.54) is 0 Å². The van der Waals surface area contributed by atoms with Crippen LogP contribution in [0.5, 0.6) is 0 Å². The molecule has 0 saturated carbocycles. The van der Waals surface area contributed by atoms with Crippen LogP contribution < -0.4 is 9.84 Å². The molecule has 150 valence electrons. The Labute approximate surface area is 172 Å². The fraction of sp³-hybridized carbons (Fsp3) is 0.174. The van der Waals surface area contributed by atoms with Crippen molar-refractivity contribution < 1.29 is 13.2 Å². The van der Waals surface area contributed by atoms with Crippen molar-refractivity contribution in [2.45, 2.75) is 32.6 Å². The number of aryl methyl sites for hydroxylation is 2. The molecule has 3 rings (SSSR count). The molecular weight excluding hydrogens is 384 g/mol. The topological polar surface area (TPSA) is 66.5 Å². The van der Waals surface area contributed by atoms with Gasteiger partial charge >= 0.3 is 0 Å². The molecule has 0 fully saturated rings. The summed E-state index contributed by atoms with van der Waals surface area (Å²) in [4.78, 5) is 13.0. The fourth-order valence-corrected chi connectivity index (χ4v) is 5.11. The van der Waals surface area contributed by atoms with E-state index in [0.717, 1.165) is 15.5 Å². The number of hydrogen-bond donors (Lipinski definition) is 1. The lowest BCUT2D eigenvalue weighted by atomic mass is 10.0. The van der Waals surface area contributed by atoms with E-state index in [9.17, 15) is 13.2 Å². The summed E-state index contributed by atoms with van der Waals surface area (Å²) in [5, 5.41) is 0. The van der Waals surface area contributed by atoms with E-state index in [4.69, 9.17) is 0 Å². The number of para-hydroxylation sites is 1. The summed E-state index contributed by atoms with van der Waals surface area (Å²) in [6.07, 6.45) is 0. The standard InChI is InChI=1S/C23H24N2O3S/c1-16-15-17(2)19(4)22(18(16)3)29(27,28)25(21-13-9-6-10-14-21)24-23(26)20-11-7-5-8-12-20/h5-15H,1-4H3,(H,24,26). The molecule has 5 nitrogen and oxygen atoms in total. The largest absolute Gasteiger partial charge is 0.282 e. The molecule has 0 radical (unpaired) electrons. The van der Waals surface area contributed by atoms with Gasteiger partial charge in [0.1, 0.15) is 0 Å². The summed E-state index contributed by atoms with van der Waals surface area (Å²) < 4.78 is 28.5. The quantitative estimate of drug-likeness (QED) is 0.634. The predicted octanol–water partition coefficient (Wildman–Crippen LogP) is 4.46. The first-order valence-corrected chi connectivity index (χ1v) is 10.7. The maximum absolute atomic E-state index is 13.8. The van der Waals surface area contributed by atoms with Crippen LogP contribution in [0.2, 0.25) is 0 Å². The van der Waals surface area contributed by atoms with Gasteiger partial charge in [-0.25, -0.2) is 5.43 Å². The van der Waals surface area contributed by atoms with Gasteiger partial charge in [-0.3, -0.25) is 4.79 Å². The molecule has 29 heavy (non-hydrogen) atoms. The highest BCUT2D eigenvalue weighted by Crippen LogP contribution is 2.30. The summed E-state index contributed by atoms with van der Waals surface area (Å²) in [5.74, 6) is -0.502. The van der Waals surface area contributed by atoms with Gasteiger partial charge in [-0.1, -0.05) is 42.5 Å². The van der Waals surface area contributed by atoms with E-state index in [1.54, 1.807) is 74.5 Å². The van der Waals surface area contributed by atoms with Gasteiger partial charge in [0.15, 0.2) is 0 Å². The van der Waals surface area contributed by atoms with E-state index >= 15 is 0 Å². The molecule has 0 aliphatic rings. The van der Waals surface area contributed by atoms with Gasteiger partial charge in [0, 0.05) is 5.56 Å². The van der Waals surface area contributed by atoms with Gasteiger partial charge in [-0.05, 0) is 74.2 Å². The lowest BCUT2D eigenvalue weighted by Crippen LogP contribution is -2.47. The molecule has 3 aromatic carbocycles. The van der Waals surface area contributed by atoms with E-state index in [1.807, 2.05) is 19.9 Å². The van der Waals surface area contributed by atoms with Crippen molar-refractivity contribution in [3.63, 3.8) is 0 Å². The molecule has 0 aromatic heterocycles.